The van der Waals surface area contributed by atoms with Gasteiger partial charge in [-0.05, 0) is 6.07 Å². The summed E-state index contributed by atoms with van der Waals surface area (Å²) in [5.74, 6) is 1.25. The molecule has 0 saturated heterocycles. The molecular weight excluding hydrogens is 284 g/mol. The Bertz CT molecular complexity index is 786. The van der Waals surface area contributed by atoms with Crippen LogP contribution in [0.2, 0.25) is 0 Å². The summed E-state index contributed by atoms with van der Waals surface area (Å²) < 4.78 is 5.46. The largest absolute Gasteiger partial charge is 0.479 e. The number of para-hydroxylation sites is 2. The van der Waals surface area contributed by atoms with Crippen molar-refractivity contribution in [2.24, 2.45) is 0 Å². The molecule has 1 aromatic heterocycles. The predicted octanol–water partition coefficient (Wildman–Crippen LogP) is 2.96. The average molecular weight is 296 g/mol. The first kappa shape index (κ1) is 13.7. The lowest BCUT2D eigenvalue weighted by Gasteiger charge is -2.03. The molecule has 0 spiro atoms. The first-order chi connectivity index (χ1) is 10.7. The van der Waals surface area contributed by atoms with Gasteiger partial charge in [0.15, 0.2) is 17.4 Å². The van der Waals surface area contributed by atoms with Crippen molar-refractivity contribution < 1.29 is 9.66 Å². The Morgan fingerprint density at radius 1 is 1.09 bits per heavy atom. The number of nitrogens with one attached hydrogen (secondary N) is 1. The molecule has 0 aliphatic heterocycles. The summed E-state index contributed by atoms with van der Waals surface area (Å²) in [6, 6.07) is 15.7. The Morgan fingerprint density at radius 3 is 2.59 bits per heavy atom. The summed E-state index contributed by atoms with van der Waals surface area (Å²) in [5, 5.41) is 17.8. The number of H-pyrrole nitrogens is 1. The highest BCUT2D eigenvalue weighted by molar-refractivity contribution is 5.53. The quantitative estimate of drug-likeness (QED) is 0.577. The van der Waals surface area contributed by atoms with Gasteiger partial charge in [0.25, 0.3) is 0 Å². The van der Waals surface area contributed by atoms with Crippen LogP contribution in [0.4, 0.5) is 5.69 Å². The Labute approximate surface area is 125 Å². The third-order valence-corrected chi connectivity index (χ3v) is 2.99. The summed E-state index contributed by atoms with van der Waals surface area (Å²) in [5.41, 5.74) is 0.806. The topological polar surface area (TPSA) is 93.9 Å². The minimum absolute atomic E-state index is 0.0741. The molecule has 0 unspecified atom stereocenters. The molecular formula is C15H12N4O3. The summed E-state index contributed by atoms with van der Waals surface area (Å²) in [7, 11) is 0. The van der Waals surface area contributed by atoms with Crippen molar-refractivity contribution in [3.8, 4) is 17.1 Å². The Kier molecular flexibility index (Phi) is 3.78. The third kappa shape index (κ3) is 2.93. The second-order valence-corrected chi connectivity index (χ2v) is 4.49. The van der Waals surface area contributed by atoms with Crippen molar-refractivity contribution >= 4 is 5.69 Å². The molecule has 22 heavy (non-hydrogen) atoms. The maximum absolute atomic E-state index is 10.9. The molecule has 7 nitrogen and oxygen atoms in total. The van der Waals surface area contributed by atoms with E-state index in [0.717, 1.165) is 5.56 Å². The molecule has 0 fully saturated rings. The highest BCUT2D eigenvalue weighted by Crippen LogP contribution is 2.26. The van der Waals surface area contributed by atoms with Gasteiger partial charge < -0.3 is 4.74 Å². The second-order valence-electron chi connectivity index (χ2n) is 4.49. The van der Waals surface area contributed by atoms with E-state index in [1.165, 1.54) is 6.07 Å². The maximum Gasteiger partial charge on any atom is 0.310 e. The van der Waals surface area contributed by atoms with E-state index in [0.29, 0.717) is 11.6 Å². The van der Waals surface area contributed by atoms with Gasteiger partial charge in [-0.3, -0.25) is 15.2 Å². The van der Waals surface area contributed by atoms with Crippen LogP contribution in [-0.2, 0) is 6.61 Å². The van der Waals surface area contributed by atoms with E-state index in [1.54, 1.807) is 18.2 Å². The van der Waals surface area contributed by atoms with Gasteiger partial charge in [0.1, 0.15) is 6.61 Å². The van der Waals surface area contributed by atoms with Crippen LogP contribution in [0.1, 0.15) is 5.82 Å². The van der Waals surface area contributed by atoms with E-state index in [1.807, 2.05) is 30.3 Å². The second kappa shape index (κ2) is 6.04. The SMILES string of the molecule is O=[N+]([O-])c1ccccc1OCc1nc(-c2ccccc2)n[nH]1. The number of aromatic amines is 1. The zero-order valence-electron chi connectivity index (χ0n) is 11.5. The summed E-state index contributed by atoms with van der Waals surface area (Å²) in [6.45, 7) is 0.0741. The molecule has 3 aromatic rings. The van der Waals surface area contributed by atoms with Crippen LogP contribution in [0, 0.1) is 10.1 Å². The first-order valence-corrected chi connectivity index (χ1v) is 6.57. The number of hydrogen-bond acceptors (Lipinski definition) is 5. The summed E-state index contributed by atoms with van der Waals surface area (Å²) in [6.07, 6.45) is 0. The van der Waals surface area contributed by atoms with Crippen LogP contribution in [0.15, 0.2) is 54.6 Å². The van der Waals surface area contributed by atoms with Crippen molar-refractivity contribution in [2.45, 2.75) is 6.61 Å². The Balaban J connectivity index is 1.73. The lowest BCUT2D eigenvalue weighted by atomic mass is 10.2. The molecule has 0 radical (unpaired) electrons. The van der Waals surface area contributed by atoms with Gasteiger partial charge >= 0.3 is 5.69 Å². The lowest BCUT2D eigenvalue weighted by Crippen LogP contribution is -2.00. The first-order valence-electron chi connectivity index (χ1n) is 6.57. The standard InChI is InChI=1S/C15H12N4O3/c20-19(21)12-8-4-5-9-13(12)22-10-14-16-15(18-17-14)11-6-2-1-3-7-11/h1-9H,10H2,(H,16,17,18). The van der Waals surface area contributed by atoms with Crippen molar-refractivity contribution in [1.29, 1.82) is 0 Å². The van der Waals surface area contributed by atoms with Crippen LogP contribution in [0.5, 0.6) is 5.75 Å². The van der Waals surface area contributed by atoms with Gasteiger partial charge in [0, 0.05) is 11.6 Å². The Hall–Kier alpha value is -3.22. The highest BCUT2D eigenvalue weighted by Gasteiger charge is 2.14. The number of nitro benzene ring substituents is 1. The molecule has 3 rings (SSSR count). The molecule has 2 aromatic carbocycles. The number of hydrogen-bond donors (Lipinski definition) is 1. The molecule has 110 valence electrons. The summed E-state index contributed by atoms with van der Waals surface area (Å²) >= 11 is 0. The molecule has 0 aliphatic carbocycles. The maximum atomic E-state index is 10.9. The van der Waals surface area contributed by atoms with Crippen LogP contribution in [0.3, 0.4) is 0 Å². The van der Waals surface area contributed by atoms with Crippen molar-refractivity contribution in [1.82, 2.24) is 15.2 Å². The minimum atomic E-state index is -0.481. The molecule has 0 amide bonds. The van der Waals surface area contributed by atoms with Crippen LogP contribution in [0.25, 0.3) is 11.4 Å². The molecule has 0 aliphatic rings. The monoisotopic (exact) mass is 296 g/mol. The minimum Gasteiger partial charge on any atom is -0.479 e. The molecule has 0 saturated carbocycles. The van der Waals surface area contributed by atoms with Crippen LogP contribution >= 0.6 is 0 Å². The summed E-state index contributed by atoms with van der Waals surface area (Å²) in [4.78, 5) is 14.7. The number of benzene rings is 2. The van der Waals surface area contributed by atoms with E-state index < -0.39 is 4.92 Å². The van der Waals surface area contributed by atoms with E-state index in [4.69, 9.17) is 4.74 Å². The average Bonchev–Trinajstić information content (AvgIpc) is 3.03. The molecule has 1 N–H and O–H groups in total. The molecule has 0 atom stereocenters. The third-order valence-electron chi connectivity index (χ3n) is 2.99. The van der Waals surface area contributed by atoms with Crippen molar-refractivity contribution in [3.05, 3.63) is 70.5 Å². The smallest absolute Gasteiger partial charge is 0.310 e. The fourth-order valence-corrected chi connectivity index (χ4v) is 1.95. The van der Waals surface area contributed by atoms with Crippen molar-refractivity contribution in [3.63, 3.8) is 0 Å². The van der Waals surface area contributed by atoms with Gasteiger partial charge in [0.2, 0.25) is 0 Å². The van der Waals surface area contributed by atoms with E-state index in [-0.39, 0.29) is 18.0 Å². The number of ether oxygens (including phenoxy) is 1. The zero-order chi connectivity index (χ0) is 15.4. The lowest BCUT2D eigenvalue weighted by molar-refractivity contribution is -0.385. The molecule has 1 heterocycles. The van der Waals surface area contributed by atoms with Crippen LogP contribution in [-0.4, -0.2) is 20.1 Å². The van der Waals surface area contributed by atoms with Gasteiger partial charge in [-0.2, -0.15) is 5.10 Å². The fraction of sp³-hybridized carbons (Fsp3) is 0.0667. The fourth-order valence-electron chi connectivity index (χ4n) is 1.95. The van der Waals surface area contributed by atoms with Gasteiger partial charge in [0.05, 0.1) is 4.92 Å². The van der Waals surface area contributed by atoms with E-state index >= 15 is 0 Å². The van der Waals surface area contributed by atoms with Gasteiger partial charge in [-0.15, -0.1) is 0 Å². The van der Waals surface area contributed by atoms with Crippen molar-refractivity contribution in [2.75, 3.05) is 0 Å². The molecule has 0 bridgehead atoms. The van der Waals surface area contributed by atoms with Gasteiger partial charge in [-0.1, -0.05) is 42.5 Å². The van der Waals surface area contributed by atoms with E-state index in [2.05, 4.69) is 15.2 Å². The number of rotatable bonds is 5. The normalized spacial score (nSPS) is 10.4. The Morgan fingerprint density at radius 2 is 1.82 bits per heavy atom. The zero-order valence-corrected chi connectivity index (χ0v) is 11.5. The molecule has 7 heteroatoms. The van der Waals surface area contributed by atoms with Crippen LogP contribution < -0.4 is 4.74 Å². The van der Waals surface area contributed by atoms with Gasteiger partial charge in [-0.25, -0.2) is 4.98 Å². The number of nitro groups is 1. The predicted molar refractivity (Wildman–Crippen MR) is 79.2 cm³/mol. The number of aromatic nitrogens is 3. The van der Waals surface area contributed by atoms with E-state index in [9.17, 15) is 10.1 Å². The highest BCUT2D eigenvalue weighted by atomic mass is 16.6. The number of nitrogens with zero attached hydrogens (tertiary/aromatic N) is 3.